The number of ether oxygens (including phenoxy) is 1. The van der Waals surface area contributed by atoms with Crippen LogP contribution in [-0.4, -0.2) is 10.7 Å². The molecule has 21 heavy (non-hydrogen) atoms. The molecule has 1 atom stereocenters. The van der Waals surface area contributed by atoms with E-state index < -0.39 is 11.9 Å². The average molecular weight is 351 g/mol. The molecule has 2 aromatic rings. The highest BCUT2D eigenvalue weighted by Crippen LogP contribution is 2.37. The summed E-state index contributed by atoms with van der Waals surface area (Å²) in [5.41, 5.74) is 1.76. The molecule has 2 nitrogen and oxygen atoms in total. The van der Waals surface area contributed by atoms with Gasteiger partial charge < -0.3 is 9.84 Å². The standard InChI is InChI=1S/C17H16BrFO2/c1-17(2)9-11-8-10(6-7-14(11)21-17)16(20)12-4-3-5-13(18)15(12)19/h3-8,16,20H,9H2,1-2H3. The van der Waals surface area contributed by atoms with Gasteiger partial charge in [0, 0.05) is 12.0 Å². The number of benzene rings is 2. The van der Waals surface area contributed by atoms with Crippen molar-refractivity contribution in [3.05, 3.63) is 63.4 Å². The van der Waals surface area contributed by atoms with E-state index in [-0.39, 0.29) is 11.2 Å². The van der Waals surface area contributed by atoms with Crippen LogP contribution in [0.2, 0.25) is 0 Å². The van der Waals surface area contributed by atoms with Crippen molar-refractivity contribution in [3.63, 3.8) is 0 Å². The molecule has 0 aromatic heterocycles. The zero-order valence-electron chi connectivity index (χ0n) is 11.9. The van der Waals surface area contributed by atoms with E-state index in [0.717, 1.165) is 17.7 Å². The van der Waals surface area contributed by atoms with Crippen molar-refractivity contribution in [2.45, 2.75) is 32.0 Å². The van der Waals surface area contributed by atoms with Crippen LogP contribution in [0.3, 0.4) is 0 Å². The van der Waals surface area contributed by atoms with Gasteiger partial charge in [0.25, 0.3) is 0 Å². The van der Waals surface area contributed by atoms with Gasteiger partial charge in [-0.05, 0) is 59.1 Å². The summed E-state index contributed by atoms with van der Waals surface area (Å²) >= 11 is 3.15. The Balaban J connectivity index is 1.97. The van der Waals surface area contributed by atoms with Crippen molar-refractivity contribution in [1.82, 2.24) is 0 Å². The average Bonchev–Trinajstić information content (AvgIpc) is 2.73. The minimum Gasteiger partial charge on any atom is -0.487 e. The molecule has 0 amide bonds. The topological polar surface area (TPSA) is 29.5 Å². The molecule has 110 valence electrons. The quantitative estimate of drug-likeness (QED) is 0.870. The molecule has 1 heterocycles. The molecule has 0 spiro atoms. The van der Waals surface area contributed by atoms with Crippen LogP contribution in [-0.2, 0) is 6.42 Å². The Kier molecular flexibility index (Phi) is 3.54. The van der Waals surface area contributed by atoms with E-state index in [1.807, 2.05) is 26.0 Å². The van der Waals surface area contributed by atoms with Crippen molar-refractivity contribution < 1.29 is 14.2 Å². The lowest BCUT2D eigenvalue weighted by Crippen LogP contribution is -2.24. The van der Waals surface area contributed by atoms with Crippen LogP contribution < -0.4 is 4.74 Å². The van der Waals surface area contributed by atoms with Gasteiger partial charge in [0.05, 0.1) is 4.47 Å². The Morgan fingerprint density at radius 3 is 2.81 bits per heavy atom. The number of halogens is 2. The highest BCUT2D eigenvalue weighted by molar-refractivity contribution is 9.10. The van der Waals surface area contributed by atoms with E-state index >= 15 is 0 Å². The van der Waals surface area contributed by atoms with Gasteiger partial charge in [-0.15, -0.1) is 0 Å². The fourth-order valence-corrected chi connectivity index (χ4v) is 3.09. The predicted octanol–water partition coefficient (Wildman–Crippen LogP) is 4.38. The summed E-state index contributed by atoms with van der Waals surface area (Å²) in [6.45, 7) is 4.05. The van der Waals surface area contributed by atoms with Crippen molar-refractivity contribution in [2.24, 2.45) is 0 Å². The lowest BCUT2D eigenvalue weighted by Gasteiger charge is -2.16. The van der Waals surface area contributed by atoms with Crippen LogP contribution in [0.15, 0.2) is 40.9 Å². The van der Waals surface area contributed by atoms with Crippen LogP contribution in [0.5, 0.6) is 5.75 Å². The van der Waals surface area contributed by atoms with Crippen LogP contribution in [0.4, 0.5) is 4.39 Å². The van der Waals surface area contributed by atoms with Crippen molar-refractivity contribution in [2.75, 3.05) is 0 Å². The molecule has 0 fully saturated rings. The van der Waals surface area contributed by atoms with Gasteiger partial charge in [0.2, 0.25) is 0 Å². The highest BCUT2D eigenvalue weighted by atomic mass is 79.9. The first-order valence-corrected chi connectivity index (χ1v) is 7.60. The Hall–Kier alpha value is -1.39. The Labute approximate surface area is 131 Å². The maximum absolute atomic E-state index is 14.1. The summed E-state index contributed by atoms with van der Waals surface area (Å²) in [6, 6.07) is 10.5. The molecule has 3 rings (SSSR count). The number of hydrogen-bond donors (Lipinski definition) is 1. The second-order valence-electron chi connectivity index (χ2n) is 5.95. The molecule has 2 aromatic carbocycles. The third-order valence-electron chi connectivity index (χ3n) is 3.68. The van der Waals surface area contributed by atoms with Crippen molar-refractivity contribution in [1.29, 1.82) is 0 Å². The zero-order valence-corrected chi connectivity index (χ0v) is 13.4. The Morgan fingerprint density at radius 1 is 1.29 bits per heavy atom. The molecule has 0 bridgehead atoms. The van der Waals surface area contributed by atoms with E-state index in [9.17, 15) is 9.50 Å². The lowest BCUT2D eigenvalue weighted by molar-refractivity contribution is 0.138. The molecular weight excluding hydrogens is 335 g/mol. The summed E-state index contributed by atoms with van der Waals surface area (Å²) in [4.78, 5) is 0. The third-order valence-corrected chi connectivity index (χ3v) is 4.29. The molecule has 1 N–H and O–H groups in total. The van der Waals surface area contributed by atoms with Crippen molar-refractivity contribution in [3.8, 4) is 5.75 Å². The molecule has 1 unspecified atom stereocenters. The van der Waals surface area contributed by atoms with Gasteiger partial charge >= 0.3 is 0 Å². The van der Waals surface area contributed by atoms with Gasteiger partial charge in [-0.3, -0.25) is 0 Å². The molecule has 0 aliphatic carbocycles. The minimum atomic E-state index is -0.989. The maximum atomic E-state index is 14.1. The van der Waals surface area contributed by atoms with Gasteiger partial charge in [0.15, 0.2) is 0 Å². The molecule has 0 saturated heterocycles. The Bertz CT molecular complexity index is 697. The fourth-order valence-electron chi connectivity index (χ4n) is 2.71. The van der Waals surface area contributed by atoms with Crippen LogP contribution in [0, 0.1) is 5.82 Å². The number of hydrogen-bond acceptors (Lipinski definition) is 2. The largest absolute Gasteiger partial charge is 0.487 e. The van der Waals surface area contributed by atoms with Crippen LogP contribution >= 0.6 is 15.9 Å². The Morgan fingerprint density at radius 2 is 2.05 bits per heavy atom. The number of rotatable bonds is 2. The van der Waals surface area contributed by atoms with E-state index in [2.05, 4.69) is 15.9 Å². The predicted molar refractivity (Wildman–Crippen MR) is 83.0 cm³/mol. The number of aliphatic hydroxyl groups excluding tert-OH is 1. The second-order valence-corrected chi connectivity index (χ2v) is 6.81. The molecule has 1 aliphatic heterocycles. The van der Waals surface area contributed by atoms with Gasteiger partial charge in [-0.1, -0.05) is 18.2 Å². The van der Waals surface area contributed by atoms with E-state index in [1.165, 1.54) is 0 Å². The van der Waals surface area contributed by atoms with Gasteiger partial charge in [-0.25, -0.2) is 4.39 Å². The highest BCUT2D eigenvalue weighted by Gasteiger charge is 2.30. The normalized spacial score (nSPS) is 17.2. The lowest BCUT2D eigenvalue weighted by atomic mass is 9.96. The van der Waals surface area contributed by atoms with E-state index in [0.29, 0.717) is 10.0 Å². The smallest absolute Gasteiger partial charge is 0.143 e. The van der Waals surface area contributed by atoms with Crippen LogP contribution in [0.1, 0.15) is 36.6 Å². The molecule has 0 saturated carbocycles. The van der Waals surface area contributed by atoms with Gasteiger partial charge in [0.1, 0.15) is 23.3 Å². The maximum Gasteiger partial charge on any atom is 0.143 e. The molecule has 1 aliphatic rings. The van der Waals surface area contributed by atoms with E-state index in [4.69, 9.17) is 4.74 Å². The summed E-state index contributed by atoms with van der Waals surface area (Å²) < 4.78 is 20.3. The fraction of sp³-hybridized carbons (Fsp3) is 0.294. The SMILES string of the molecule is CC1(C)Cc2cc(C(O)c3cccc(Br)c3F)ccc2O1. The molecule has 0 radical (unpaired) electrons. The summed E-state index contributed by atoms with van der Waals surface area (Å²) in [7, 11) is 0. The third kappa shape index (κ3) is 2.70. The minimum absolute atomic E-state index is 0.229. The number of aliphatic hydroxyl groups is 1. The molecular formula is C17H16BrFO2. The second kappa shape index (κ2) is 5.11. The first kappa shape index (κ1) is 14.5. The summed E-state index contributed by atoms with van der Waals surface area (Å²) in [5, 5.41) is 10.5. The van der Waals surface area contributed by atoms with Crippen molar-refractivity contribution >= 4 is 15.9 Å². The zero-order chi connectivity index (χ0) is 15.2. The summed E-state index contributed by atoms with van der Waals surface area (Å²) in [6.07, 6.45) is -0.208. The monoisotopic (exact) mass is 350 g/mol. The summed E-state index contributed by atoms with van der Waals surface area (Å²) in [5.74, 6) is 0.410. The first-order chi connectivity index (χ1) is 9.87. The van der Waals surface area contributed by atoms with Crippen LogP contribution in [0.25, 0.3) is 0 Å². The first-order valence-electron chi connectivity index (χ1n) is 6.81. The number of fused-ring (bicyclic) bond motifs is 1. The van der Waals surface area contributed by atoms with Gasteiger partial charge in [-0.2, -0.15) is 0 Å². The van der Waals surface area contributed by atoms with E-state index in [1.54, 1.807) is 24.3 Å². The molecule has 4 heteroatoms.